The quantitative estimate of drug-likeness (QED) is 0.526. The van der Waals surface area contributed by atoms with Gasteiger partial charge in [0.15, 0.2) is 5.82 Å². The summed E-state index contributed by atoms with van der Waals surface area (Å²) in [7, 11) is 0. The lowest BCUT2D eigenvalue weighted by molar-refractivity contribution is 0.840. The van der Waals surface area contributed by atoms with E-state index in [4.69, 9.17) is 5.84 Å². The van der Waals surface area contributed by atoms with Gasteiger partial charge in [-0.05, 0) is 13.8 Å². The minimum Gasteiger partial charge on any atom is -0.356 e. The molecule has 1 aromatic heterocycles. The van der Waals surface area contributed by atoms with Crippen LogP contribution in [0.2, 0.25) is 0 Å². The van der Waals surface area contributed by atoms with Crippen molar-refractivity contribution in [3.05, 3.63) is 12.4 Å². The largest absolute Gasteiger partial charge is 0.356 e. The number of nitrogens with zero attached hydrogens (tertiary/aromatic N) is 3. The second-order valence-corrected chi connectivity index (χ2v) is 2.58. The molecule has 0 aliphatic heterocycles. The number of hydrazine groups is 1. The topological polar surface area (TPSA) is 67.1 Å². The van der Waals surface area contributed by atoms with Crippen molar-refractivity contribution in [1.29, 1.82) is 0 Å². The van der Waals surface area contributed by atoms with Crippen molar-refractivity contribution < 1.29 is 0 Å². The van der Waals surface area contributed by atoms with Crippen LogP contribution in [0, 0.1) is 0 Å². The average molecular weight is 181 g/mol. The lowest BCUT2D eigenvalue weighted by Gasteiger charge is -2.19. The molecule has 1 rings (SSSR count). The summed E-state index contributed by atoms with van der Waals surface area (Å²) in [5.41, 5.74) is 2.47. The SMILES string of the molecule is CCN(CC)c1cncc(NN)n1. The van der Waals surface area contributed by atoms with Crippen LogP contribution in [0.25, 0.3) is 0 Å². The Hall–Kier alpha value is -1.36. The van der Waals surface area contributed by atoms with Gasteiger partial charge in [0.05, 0.1) is 12.4 Å². The summed E-state index contributed by atoms with van der Waals surface area (Å²) in [6.07, 6.45) is 3.32. The summed E-state index contributed by atoms with van der Waals surface area (Å²) < 4.78 is 0. The number of nitrogens with two attached hydrogens (primary N) is 1. The summed E-state index contributed by atoms with van der Waals surface area (Å²) in [5.74, 6) is 6.67. The van der Waals surface area contributed by atoms with Crippen LogP contribution in [0.1, 0.15) is 13.8 Å². The van der Waals surface area contributed by atoms with Gasteiger partial charge in [0.1, 0.15) is 5.82 Å². The van der Waals surface area contributed by atoms with Crippen LogP contribution in [-0.4, -0.2) is 23.1 Å². The number of nitrogen functional groups attached to an aromatic ring is 1. The first kappa shape index (κ1) is 9.73. The highest BCUT2D eigenvalue weighted by atomic mass is 15.3. The predicted octanol–water partition coefficient (Wildman–Crippen LogP) is 0.608. The first-order chi connectivity index (χ1) is 6.31. The fraction of sp³-hybridized carbons (Fsp3) is 0.500. The average Bonchev–Trinajstić information content (AvgIpc) is 2.20. The molecule has 0 saturated carbocycles. The number of hydrogen-bond acceptors (Lipinski definition) is 5. The molecule has 0 atom stereocenters. The molecule has 1 aromatic rings. The van der Waals surface area contributed by atoms with Gasteiger partial charge in [0.25, 0.3) is 0 Å². The molecule has 0 radical (unpaired) electrons. The second-order valence-electron chi connectivity index (χ2n) is 2.58. The van der Waals surface area contributed by atoms with E-state index in [0.29, 0.717) is 5.82 Å². The molecule has 13 heavy (non-hydrogen) atoms. The number of nitrogens with one attached hydrogen (secondary N) is 1. The third kappa shape index (κ3) is 2.29. The van der Waals surface area contributed by atoms with Crippen molar-refractivity contribution in [3.8, 4) is 0 Å². The zero-order valence-corrected chi connectivity index (χ0v) is 7.99. The molecule has 0 bridgehead atoms. The third-order valence-electron chi connectivity index (χ3n) is 1.86. The van der Waals surface area contributed by atoms with Gasteiger partial charge in [-0.1, -0.05) is 0 Å². The van der Waals surface area contributed by atoms with E-state index in [-0.39, 0.29) is 0 Å². The Bertz CT molecular complexity index is 258. The van der Waals surface area contributed by atoms with Crippen molar-refractivity contribution in [2.45, 2.75) is 13.8 Å². The van der Waals surface area contributed by atoms with Gasteiger partial charge in [0.2, 0.25) is 0 Å². The van der Waals surface area contributed by atoms with Crippen LogP contribution in [0.3, 0.4) is 0 Å². The predicted molar refractivity (Wildman–Crippen MR) is 53.4 cm³/mol. The van der Waals surface area contributed by atoms with E-state index in [1.165, 1.54) is 0 Å². The molecule has 1 heterocycles. The van der Waals surface area contributed by atoms with Gasteiger partial charge in [-0.25, -0.2) is 10.8 Å². The highest BCUT2D eigenvalue weighted by molar-refractivity contribution is 5.42. The highest BCUT2D eigenvalue weighted by Gasteiger charge is 2.03. The van der Waals surface area contributed by atoms with E-state index in [9.17, 15) is 0 Å². The van der Waals surface area contributed by atoms with Crippen molar-refractivity contribution in [2.24, 2.45) is 5.84 Å². The van der Waals surface area contributed by atoms with Gasteiger partial charge in [-0.2, -0.15) is 0 Å². The Morgan fingerprint density at radius 1 is 1.38 bits per heavy atom. The lowest BCUT2D eigenvalue weighted by Crippen LogP contribution is -2.23. The Labute approximate surface area is 78.0 Å². The summed E-state index contributed by atoms with van der Waals surface area (Å²) in [6.45, 7) is 5.99. The summed E-state index contributed by atoms with van der Waals surface area (Å²) in [6, 6.07) is 0. The van der Waals surface area contributed by atoms with Gasteiger partial charge in [-0.15, -0.1) is 0 Å². The second kappa shape index (κ2) is 4.61. The molecule has 0 amide bonds. The summed E-state index contributed by atoms with van der Waals surface area (Å²) >= 11 is 0. The standard InChI is InChI=1S/C8H15N5/c1-3-13(4-2)8-6-10-5-7(11-8)12-9/h5-6H,3-4,9H2,1-2H3,(H,11,12). The first-order valence-electron chi connectivity index (χ1n) is 4.35. The van der Waals surface area contributed by atoms with Crippen LogP contribution in [-0.2, 0) is 0 Å². The zero-order valence-electron chi connectivity index (χ0n) is 7.99. The number of rotatable bonds is 4. The maximum absolute atomic E-state index is 5.23. The van der Waals surface area contributed by atoms with Crippen LogP contribution < -0.4 is 16.2 Å². The molecule has 72 valence electrons. The molecule has 5 heteroatoms. The van der Waals surface area contributed by atoms with Crippen molar-refractivity contribution >= 4 is 11.6 Å². The zero-order chi connectivity index (χ0) is 9.68. The molecule has 3 N–H and O–H groups in total. The fourth-order valence-corrected chi connectivity index (χ4v) is 1.13. The van der Waals surface area contributed by atoms with Gasteiger partial charge in [-0.3, -0.25) is 4.98 Å². The minimum absolute atomic E-state index is 0.587. The molecular formula is C8H15N5. The van der Waals surface area contributed by atoms with Crippen molar-refractivity contribution in [1.82, 2.24) is 9.97 Å². The van der Waals surface area contributed by atoms with Gasteiger partial charge >= 0.3 is 0 Å². The fourth-order valence-electron chi connectivity index (χ4n) is 1.13. The molecule has 0 aliphatic carbocycles. The van der Waals surface area contributed by atoms with Crippen LogP contribution in [0.5, 0.6) is 0 Å². The molecule has 5 nitrogen and oxygen atoms in total. The van der Waals surface area contributed by atoms with Crippen LogP contribution >= 0.6 is 0 Å². The molecule has 0 fully saturated rings. The Morgan fingerprint density at radius 2 is 2.08 bits per heavy atom. The summed E-state index contributed by atoms with van der Waals surface area (Å²) in [4.78, 5) is 10.4. The van der Waals surface area contributed by atoms with E-state index in [0.717, 1.165) is 18.9 Å². The molecule has 0 saturated heterocycles. The van der Waals surface area contributed by atoms with Crippen LogP contribution in [0.4, 0.5) is 11.6 Å². The molecule has 0 aromatic carbocycles. The normalized spacial score (nSPS) is 9.77. The Morgan fingerprint density at radius 3 is 2.62 bits per heavy atom. The number of anilines is 2. The van der Waals surface area contributed by atoms with Crippen molar-refractivity contribution in [2.75, 3.05) is 23.4 Å². The molecule has 0 aliphatic rings. The minimum atomic E-state index is 0.587. The molecule has 0 unspecified atom stereocenters. The van der Waals surface area contributed by atoms with Crippen molar-refractivity contribution in [3.63, 3.8) is 0 Å². The van der Waals surface area contributed by atoms with E-state index in [2.05, 4.69) is 34.1 Å². The monoisotopic (exact) mass is 181 g/mol. The lowest BCUT2D eigenvalue weighted by atomic mass is 10.5. The van der Waals surface area contributed by atoms with E-state index >= 15 is 0 Å². The Balaban J connectivity index is 2.86. The van der Waals surface area contributed by atoms with E-state index in [1.54, 1.807) is 12.4 Å². The molecular weight excluding hydrogens is 166 g/mol. The van der Waals surface area contributed by atoms with Gasteiger partial charge in [0, 0.05) is 13.1 Å². The van der Waals surface area contributed by atoms with E-state index in [1.807, 2.05) is 0 Å². The maximum atomic E-state index is 5.23. The molecule has 0 spiro atoms. The Kier molecular flexibility index (Phi) is 3.45. The third-order valence-corrected chi connectivity index (χ3v) is 1.86. The van der Waals surface area contributed by atoms with Gasteiger partial charge < -0.3 is 10.3 Å². The summed E-state index contributed by atoms with van der Waals surface area (Å²) in [5, 5.41) is 0. The smallest absolute Gasteiger partial charge is 0.160 e. The maximum Gasteiger partial charge on any atom is 0.160 e. The number of aromatic nitrogens is 2. The number of hydrogen-bond donors (Lipinski definition) is 2. The first-order valence-corrected chi connectivity index (χ1v) is 4.35. The van der Waals surface area contributed by atoms with E-state index < -0.39 is 0 Å². The van der Waals surface area contributed by atoms with Crippen LogP contribution in [0.15, 0.2) is 12.4 Å². The highest BCUT2D eigenvalue weighted by Crippen LogP contribution is 2.10.